The summed E-state index contributed by atoms with van der Waals surface area (Å²) in [6.45, 7) is 0. The molecule has 0 saturated carbocycles. The van der Waals surface area contributed by atoms with Crippen LogP contribution in [0, 0.1) is 10.1 Å². The normalized spacial score (nSPS) is 10.4. The van der Waals surface area contributed by atoms with Crippen molar-refractivity contribution in [2.45, 2.75) is 0 Å². The summed E-state index contributed by atoms with van der Waals surface area (Å²) in [6.07, 6.45) is 0. The molecule has 0 aliphatic heterocycles. The molecule has 0 aliphatic rings. The molecule has 9 nitrogen and oxygen atoms in total. The highest BCUT2D eigenvalue weighted by Crippen LogP contribution is 2.25. The number of nitrogens with zero attached hydrogens (tertiary/aromatic N) is 4. The molecule has 0 spiro atoms. The number of nitrogens with one attached hydrogen (secondary N) is 1. The van der Waals surface area contributed by atoms with E-state index in [1.807, 2.05) is 0 Å². The fourth-order valence-electron chi connectivity index (χ4n) is 1.36. The summed E-state index contributed by atoms with van der Waals surface area (Å²) in [4.78, 5) is 21.0. The summed E-state index contributed by atoms with van der Waals surface area (Å²) in [5.74, 6) is -0.460. The molecule has 1 amide bonds. The number of alkyl halides is 1. The summed E-state index contributed by atoms with van der Waals surface area (Å²) in [6, 6.07) is 2.61. The number of anilines is 1. The number of amides is 1. The molecule has 0 radical (unpaired) electrons. The first-order valence-corrected chi connectivity index (χ1v) is 5.56. The molecular weight excluding hydrogens is 278 g/mol. The highest BCUT2D eigenvalue weighted by Gasteiger charge is 2.19. The van der Waals surface area contributed by atoms with Crippen LogP contribution in [-0.2, 0) is 11.8 Å². The number of rotatable bonds is 4. The third-order valence-electron chi connectivity index (χ3n) is 2.24. The highest BCUT2D eigenvalue weighted by molar-refractivity contribution is 6.28. The van der Waals surface area contributed by atoms with Gasteiger partial charge in [-0.15, -0.1) is 21.8 Å². The van der Waals surface area contributed by atoms with Crippen molar-refractivity contribution in [3.8, 4) is 11.6 Å². The summed E-state index contributed by atoms with van der Waals surface area (Å²) < 4.78 is 6.42. The van der Waals surface area contributed by atoms with Crippen LogP contribution in [0.1, 0.15) is 0 Å². The fraction of sp³-hybridized carbons (Fsp3) is 0.222. The van der Waals surface area contributed by atoms with E-state index in [1.165, 1.54) is 16.7 Å². The van der Waals surface area contributed by atoms with Crippen molar-refractivity contribution in [3.63, 3.8) is 0 Å². The first-order chi connectivity index (χ1) is 9.02. The van der Waals surface area contributed by atoms with Crippen LogP contribution in [-0.4, -0.2) is 31.5 Å². The molecule has 0 aliphatic carbocycles. The van der Waals surface area contributed by atoms with Gasteiger partial charge >= 0.3 is 5.88 Å². The number of carbonyl (C=O) groups is 1. The van der Waals surface area contributed by atoms with Crippen LogP contribution in [0.2, 0.25) is 0 Å². The maximum absolute atomic E-state index is 11.1. The summed E-state index contributed by atoms with van der Waals surface area (Å²) in [5.41, 5.74) is 0. The fourth-order valence-corrected chi connectivity index (χ4v) is 1.42. The molecule has 2 aromatic rings. The maximum Gasteiger partial charge on any atom is 0.433 e. The number of aromatic nitrogens is 3. The van der Waals surface area contributed by atoms with Gasteiger partial charge in [-0.2, -0.15) is 0 Å². The number of halogens is 1. The molecule has 0 saturated heterocycles. The molecule has 0 atom stereocenters. The smallest absolute Gasteiger partial charge is 0.397 e. The van der Waals surface area contributed by atoms with Gasteiger partial charge in [-0.25, -0.2) is 0 Å². The quantitative estimate of drug-likeness (QED) is 0.512. The van der Waals surface area contributed by atoms with Crippen molar-refractivity contribution in [2.24, 2.45) is 7.05 Å². The lowest BCUT2D eigenvalue weighted by Gasteiger charge is -2.02. The lowest BCUT2D eigenvalue weighted by Crippen LogP contribution is -2.15. The standard InChI is InChI=1S/C9H8ClN5O4/c1-14-8(5-2-3-7(19-5)15(17)18)12-13-9(14)11-6(16)4-10/h2-3H,4H2,1H3,(H,11,13,16). The van der Waals surface area contributed by atoms with Crippen molar-refractivity contribution in [1.82, 2.24) is 14.8 Å². The monoisotopic (exact) mass is 285 g/mol. The van der Waals surface area contributed by atoms with Gasteiger partial charge in [0.1, 0.15) is 10.8 Å². The van der Waals surface area contributed by atoms with Crippen molar-refractivity contribution in [3.05, 3.63) is 22.2 Å². The molecule has 100 valence electrons. The topological polar surface area (TPSA) is 116 Å². The Morgan fingerprint density at radius 3 is 2.89 bits per heavy atom. The van der Waals surface area contributed by atoms with Crippen molar-refractivity contribution in [2.75, 3.05) is 11.2 Å². The second-order valence-electron chi connectivity index (χ2n) is 3.48. The number of hydrogen-bond acceptors (Lipinski definition) is 6. The Morgan fingerprint density at radius 2 is 2.32 bits per heavy atom. The second-order valence-corrected chi connectivity index (χ2v) is 3.75. The SMILES string of the molecule is Cn1c(NC(=O)CCl)nnc1-c1ccc([N+](=O)[O-])o1. The van der Waals surface area contributed by atoms with Gasteiger partial charge in [0, 0.05) is 7.05 Å². The maximum atomic E-state index is 11.1. The van der Waals surface area contributed by atoms with Crippen LogP contribution >= 0.6 is 11.6 Å². The van der Waals surface area contributed by atoms with Crippen LogP contribution < -0.4 is 5.32 Å². The summed E-state index contributed by atoms with van der Waals surface area (Å²) in [5, 5.41) is 20.5. The van der Waals surface area contributed by atoms with E-state index in [2.05, 4.69) is 15.5 Å². The Hall–Kier alpha value is -2.42. The van der Waals surface area contributed by atoms with E-state index in [0.29, 0.717) is 0 Å². The Balaban J connectivity index is 2.30. The van der Waals surface area contributed by atoms with Gasteiger partial charge in [-0.05, 0) is 6.07 Å². The molecular formula is C9H8ClN5O4. The number of nitro groups is 1. The minimum atomic E-state index is -0.657. The van der Waals surface area contributed by atoms with Gasteiger partial charge in [-0.3, -0.25) is 24.8 Å². The van der Waals surface area contributed by atoms with E-state index in [1.54, 1.807) is 7.05 Å². The van der Waals surface area contributed by atoms with E-state index in [0.717, 1.165) is 0 Å². The van der Waals surface area contributed by atoms with Gasteiger partial charge in [0.25, 0.3) is 0 Å². The Bertz CT molecular complexity index is 634. The first kappa shape index (κ1) is 13.0. The molecule has 2 aromatic heterocycles. The average Bonchev–Trinajstić information content (AvgIpc) is 2.97. The van der Waals surface area contributed by atoms with Crippen LogP contribution in [0.4, 0.5) is 11.8 Å². The second kappa shape index (κ2) is 5.06. The van der Waals surface area contributed by atoms with Gasteiger partial charge < -0.3 is 4.42 Å². The van der Waals surface area contributed by atoms with E-state index in [-0.39, 0.29) is 23.4 Å². The molecule has 2 heterocycles. The zero-order valence-electron chi connectivity index (χ0n) is 9.66. The van der Waals surface area contributed by atoms with Crippen molar-refractivity contribution < 1.29 is 14.1 Å². The number of hydrogen-bond donors (Lipinski definition) is 1. The molecule has 1 N–H and O–H groups in total. The zero-order chi connectivity index (χ0) is 14.0. The Morgan fingerprint density at radius 1 is 1.58 bits per heavy atom. The third kappa shape index (κ3) is 2.55. The van der Waals surface area contributed by atoms with E-state index in [4.69, 9.17) is 16.0 Å². The molecule has 2 rings (SSSR count). The summed E-state index contributed by atoms with van der Waals surface area (Å²) >= 11 is 5.35. The lowest BCUT2D eigenvalue weighted by atomic mass is 10.4. The molecule has 0 fully saturated rings. The molecule has 10 heteroatoms. The summed E-state index contributed by atoms with van der Waals surface area (Å²) in [7, 11) is 1.58. The Kier molecular flexibility index (Phi) is 3.47. The minimum Gasteiger partial charge on any atom is -0.397 e. The molecule has 19 heavy (non-hydrogen) atoms. The van der Waals surface area contributed by atoms with Gasteiger partial charge in [0.2, 0.25) is 17.7 Å². The molecule has 0 bridgehead atoms. The van der Waals surface area contributed by atoms with Crippen LogP contribution in [0.5, 0.6) is 0 Å². The predicted molar refractivity (Wildman–Crippen MR) is 64.7 cm³/mol. The number of furan rings is 1. The molecule has 0 aromatic carbocycles. The van der Waals surface area contributed by atoms with Gasteiger partial charge in [0.05, 0.1) is 6.07 Å². The van der Waals surface area contributed by atoms with Crippen LogP contribution in [0.3, 0.4) is 0 Å². The van der Waals surface area contributed by atoms with E-state index in [9.17, 15) is 14.9 Å². The van der Waals surface area contributed by atoms with Gasteiger partial charge in [-0.1, -0.05) is 0 Å². The zero-order valence-corrected chi connectivity index (χ0v) is 10.4. The highest BCUT2D eigenvalue weighted by atomic mass is 35.5. The average molecular weight is 286 g/mol. The van der Waals surface area contributed by atoms with Gasteiger partial charge in [0.15, 0.2) is 5.76 Å². The van der Waals surface area contributed by atoms with Crippen molar-refractivity contribution in [1.29, 1.82) is 0 Å². The van der Waals surface area contributed by atoms with E-state index >= 15 is 0 Å². The van der Waals surface area contributed by atoms with Crippen LogP contribution in [0.15, 0.2) is 16.5 Å². The lowest BCUT2D eigenvalue weighted by molar-refractivity contribution is -0.401. The molecule has 0 unspecified atom stereocenters. The van der Waals surface area contributed by atoms with Crippen LogP contribution in [0.25, 0.3) is 11.6 Å². The largest absolute Gasteiger partial charge is 0.433 e. The third-order valence-corrected chi connectivity index (χ3v) is 2.48. The van der Waals surface area contributed by atoms with E-state index < -0.39 is 16.7 Å². The minimum absolute atomic E-state index is 0.166. The van der Waals surface area contributed by atoms with Crippen molar-refractivity contribution >= 4 is 29.3 Å². The number of carbonyl (C=O) groups excluding carboxylic acids is 1. The first-order valence-electron chi connectivity index (χ1n) is 5.02. The predicted octanol–water partition coefficient (Wildman–Crippen LogP) is 1.16. The Labute approximate surface area is 111 Å².